The fraction of sp³-hybridized carbons (Fsp3) is 0. The molecule has 33 heavy (non-hydrogen) atoms. The largest absolute Gasteiger partial charge is 0.254 e. The van der Waals surface area contributed by atoms with Crippen molar-refractivity contribution in [3.8, 4) is 0 Å². The van der Waals surface area contributed by atoms with Crippen molar-refractivity contribution in [1.29, 1.82) is 0 Å². The van der Waals surface area contributed by atoms with Gasteiger partial charge in [-0.3, -0.25) is 4.74 Å². The van der Waals surface area contributed by atoms with Crippen molar-refractivity contribution >= 4 is 51.2 Å². The summed E-state index contributed by atoms with van der Waals surface area (Å²) >= 11 is 1.63. The molecule has 4 heteroatoms. The first kappa shape index (κ1) is 21.3. The summed E-state index contributed by atoms with van der Waals surface area (Å²) in [6, 6.07) is 44.5. The Kier molecular flexibility index (Phi) is 6.44. The number of aliphatic imine (C=N–C) groups is 1. The van der Waals surface area contributed by atoms with Crippen LogP contribution in [0.2, 0.25) is 0 Å². The first-order chi connectivity index (χ1) is 16.3. The van der Waals surface area contributed by atoms with E-state index in [1.165, 1.54) is 15.9 Å². The molecule has 0 fully saturated rings. The predicted octanol–water partition coefficient (Wildman–Crippen LogP) is 7.31. The van der Waals surface area contributed by atoms with Gasteiger partial charge in [0.25, 0.3) is 0 Å². The maximum atomic E-state index is 5.52. The summed E-state index contributed by atoms with van der Waals surface area (Å²) in [6.07, 6.45) is 1.91. The van der Waals surface area contributed by atoms with Crippen LogP contribution in [0.5, 0.6) is 0 Å². The SMILES string of the molecule is C(=Nc1cccs1)c1ccc(N=P(c2ccccc2)(c2ccccc2)c2ccccc2)cc1. The molecule has 1 aromatic heterocycles. The lowest BCUT2D eigenvalue weighted by Crippen LogP contribution is -2.25. The molecule has 0 saturated heterocycles. The number of benzene rings is 4. The zero-order chi connectivity index (χ0) is 22.3. The minimum atomic E-state index is -2.25. The third kappa shape index (κ3) is 4.66. The second-order valence-electron chi connectivity index (χ2n) is 7.54. The van der Waals surface area contributed by atoms with Crippen LogP contribution < -0.4 is 15.9 Å². The Hall–Kier alpha value is -3.52. The molecule has 0 bridgehead atoms. The molecule has 160 valence electrons. The number of hydrogen-bond donors (Lipinski definition) is 0. The van der Waals surface area contributed by atoms with Gasteiger partial charge in [0.05, 0.1) is 12.7 Å². The van der Waals surface area contributed by atoms with Crippen LogP contribution in [-0.4, -0.2) is 6.21 Å². The molecule has 5 aromatic rings. The fourth-order valence-corrected chi connectivity index (χ4v) is 7.93. The summed E-state index contributed by atoms with van der Waals surface area (Å²) in [4.78, 5) is 4.55. The van der Waals surface area contributed by atoms with Gasteiger partial charge in [-0.1, -0.05) is 103 Å². The van der Waals surface area contributed by atoms with Gasteiger partial charge < -0.3 is 0 Å². The Balaban J connectivity index is 1.67. The first-order valence-corrected chi connectivity index (χ1v) is 13.4. The summed E-state index contributed by atoms with van der Waals surface area (Å²) < 4.78 is 5.52. The van der Waals surface area contributed by atoms with Crippen LogP contribution in [0.3, 0.4) is 0 Å². The van der Waals surface area contributed by atoms with Gasteiger partial charge in [0.15, 0.2) is 0 Å². The van der Waals surface area contributed by atoms with E-state index in [0.29, 0.717) is 0 Å². The van der Waals surface area contributed by atoms with E-state index in [2.05, 4.69) is 120 Å². The fourth-order valence-electron chi connectivity index (χ4n) is 3.83. The van der Waals surface area contributed by atoms with Crippen molar-refractivity contribution < 1.29 is 0 Å². The first-order valence-electron chi connectivity index (χ1n) is 10.8. The third-order valence-corrected chi connectivity index (χ3v) is 9.84. The van der Waals surface area contributed by atoms with Crippen LogP contribution in [0, 0.1) is 0 Å². The molecule has 0 atom stereocenters. The van der Waals surface area contributed by atoms with E-state index in [1.54, 1.807) is 11.3 Å². The smallest absolute Gasteiger partial charge is 0.115 e. The molecule has 0 N–H and O–H groups in total. The highest BCUT2D eigenvalue weighted by molar-refractivity contribution is 7.87. The van der Waals surface area contributed by atoms with Gasteiger partial charge in [0.2, 0.25) is 0 Å². The van der Waals surface area contributed by atoms with Gasteiger partial charge in [-0.25, -0.2) is 4.99 Å². The minimum Gasteiger partial charge on any atom is -0.254 e. The quantitative estimate of drug-likeness (QED) is 0.187. The van der Waals surface area contributed by atoms with Gasteiger partial charge in [-0.15, -0.1) is 11.3 Å². The topological polar surface area (TPSA) is 24.7 Å². The van der Waals surface area contributed by atoms with E-state index in [4.69, 9.17) is 4.74 Å². The Morgan fingerprint density at radius 1 is 0.545 bits per heavy atom. The highest BCUT2D eigenvalue weighted by Crippen LogP contribution is 2.49. The maximum Gasteiger partial charge on any atom is 0.115 e. The van der Waals surface area contributed by atoms with Gasteiger partial charge in [-0.05, 0) is 35.2 Å². The number of hydrogen-bond acceptors (Lipinski definition) is 3. The lowest BCUT2D eigenvalue weighted by Gasteiger charge is -2.27. The zero-order valence-electron chi connectivity index (χ0n) is 18.0. The molecule has 5 rings (SSSR count). The Morgan fingerprint density at radius 2 is 1.06 bits per heavy atom. The monoisotopic (exact) mass is 462 g/mol. The van der Waals surface area contributed by atoms with E-state index >= 15 is 0 Å². The van der Waals surface area contributed by atoms with Gasteiger partial charge >= 0.3 is 0 Å². The highest BCUT2D eigenvalue weighted by atomic mass is 32.1. The van der Waals surface area contributed by atoms with E-state index in [9.17, 15) is 0 Å². The molecule has 0 saturated carbocycles. The summed E-state index contributed by atoms with van der Waals surface area (Å²) in [5, 5.41) is 6.77. The highest BCUT2D eigenvalue weighted by Gasteiger charge is 2.27. The van der Waals surface area contributed by atoms with Gasteiger partial charge in [-0.2, -0.15) is 0 Å². The molecule has 0 spiro atoms. The lowest BCUT2D eigenvalue weighted by atomic mass is 10.2. The molecule has 0 amide bonds. The molecular weight excluding hydrogens is 439 g/mol. The van der Waals surface area contributed by atoms with Crippen LogP contribution in [0.15, 0.2) is 143 Å². The number of nitrogens with zero attached hydrogens (tertiary/aromatic N) is 2. The number of thiophene rings is 1. The van der Waals surface area contributed by atoms with Crippen LogP contribution in [0.4, 0.5) is 10.7 Å². The summed E-state index contributed by atoms with van der Waals surface area (Å²) in [5.41, 5.74) is 2.03. The average Bonchev–Trinajstić information content (AvgIpc) is 3.42. The average molecular weight is 463 g/mol. The third-order valence-electron chi connectivity index (χ3n) is 5.40. The van der Waals surface area contributed by atoms with Crippen molar-refractivity contribution in [3.63, 3.8) is 0 Å². The zero-order valence-corrected chi connectivity index (χ0v) is 19.7. The second kappa shape index (κ2) is 9.95. The predicted molar refractivity (Wildman–Crippen MR) is 145 cm³/mol. The molecule has 0 radical (unpaired) electrons. The molecule has 2 nitrogen and oxygen atoms in total. The molecule has 4 aromatic carbocycles. The van der Waals surface area contributed by atoms with E-state index < -0.39 is 7.05 Å². The molecular formula is C29H23N2PS. The summed E-state index contributed by atoms with van der Waals surface area (Å²) in [5.74, 6) is 0. The van der Waals surface area contributed by atoms with E-state index in [1.807, 2.05) is 23.7 Å². The van der Waals surface area contributed by atoms with Crippen molar-refractivity contribution in [2.45, 2.75) is 0 Å². The normalized spacial score (nSPS) is 11.5. The molecule has 0 aliphatic carbocycles. The van der Waals surface area contributed by atoms with Crippen molar-refractivity contribution in [2.75, 3.05) is 0 Å². The van der Waals surface area contributed by atoms with Crippen molar-refractivity contribution in [1.82, 2.24) is 0 Å². The minimum absolute atomic E-state index is 0.966. The van der Waals surface area contributed by atoms with Crippen LogP contribution in [0.25, 0.3) is 0 Å². The van der Waals surface area contributed by atoms with Crippen LogP contribution >= 0.6 is 18.4 Å². The number of rotatable bonds is 6. The lowest BCUT2D eigenvalue weighted by molar-refractivity contribution is 1.53. The summed E-state index contributed by atoms with van der Waals surface area (Å²) in [7, 11) is -2.25. The van der Waals surface area contributed by atoms with E-state index in [-0.39, 0.29) is 0 Å². The van der Waals surface area contributed by atoms with Gasteiger partial charge in [0, 0.05) is 22.1 Å². The standard InChI is InChI=1S/C29H23N2PS/c1-4-11-26(12-5-1)32(27-13-6-2-7-14-27,28-15-8-3-9-16-28)31-25-20-18-24(19-21-25)23-30-29-17-10-22-33-29/h1-23H. The maximum absolute atomic E-state index is 5.52. The molecule has 0 aliphatic rings. The van der Waals surface area contributed by atoms with Gasteiger partial charge in [0.1, 0.15) is 5.00 Å². The van der Waals surface area contributed by atoms with Crippen molar-refractivity contribution in [3.05, 3.63) is 138 Å². The van der Waals surface area contributed by atoms with Crippen LogP contribution in [-0.2, 0) is 0 Å². The Labute approximate surface area is 199 Å². The molecule has 1 heterocycles. The van der Waals surface area contributed by atoms with Crippen molar-refractivity contribution in [2.24, 2.45) is 9.74 Å². The van der Waals surface area contributed by atoms with Crippen LogP contribution in [0.1, 0.15) is 5.56 Å². The Morgan fingerprint density at radius 3 is 1.52 bits per heavy atom. The second-order valence-corrected chi connectivity index (χ2v) is 11.5. The molecule has 0 unspecified atom stereocenters. The van der Waals surface area contributed by atoms with E-state index in [0.717, 1.165) is 16.3 Å². The Bertz CT molecular complexity index is 1270. The summed E-state index contributed by atoms with van der Waals surface area (Å²) in [6.45, 7) is 0. The molecule has 0 aliphatic heterocycles.